The highest BCUT2D eigenvalue weighted by atomic mass is 16.5. The standard InChI is InChI=1S/C10H14O2.C4H4O.H2O/c1-7-3-2-4-8-6-12-10(11)5-9(7)8;1-2-4-5-3-1;/h5,7-8H,2-4,6H2,1H3;1-4H;1H2/t7-,8?;;/m0../s1. The maximum absolute atomic E-state index is 11.0. The number of carbonyl (C=O) groups excluding carboxylic acids is 1. The molecule has 0 aromatic carbocycles. The van der Waals surface area contributed by atoms with E-state index in [1.165, 1.54) is 24.8 Å². The average Bonchev–Trinajstić information content (AvgIpc) is 2.89. The number of furan rings is 1. The van der Waals surface area contributed by atoms with Gasteiger partial charge in [0, 0.05) is 12.0 Å². The molecule has 4 nitrogen and oxygen atoms in total. The number of rotatable bonds is 0. The van der Waals surface area contributed by atoms with Crippen LogP contribution in [0.1, 0.15) is 26.2 Å². The fourth-order valence-corrected chi connectivity index (χ4v) is 2.43. The number of hydrogen-bond acceptors (Lipinski definition) is 3. The Balaban J connectivity index is 0.000000230. The van der Waals surface area contributed by atoms with Gasteiger partial charge in [-0.15, -0.1) is 0 Å². The molecule has 0 saturated heterocycles. The molecule has 1 aromatic heterocycles. The second-order valence-electron chi connectivity index (χ2n) is 4.60. The van der Waals surface area contributed by atoms with Crippen molar-refractivity contribution < 1.29 is 19.4 Å². The molecule has 2 aliphatic rings. The van der Waals surface area contributed by atoms with Gasteiger partial charge in [0.1, 0.15) is 0 Å². The Morgan fingerprint density at radius 1 is 1.22 bits per heavy atom. The molecule has 1 saturated carbocycles. The molecule has 2 atom stereocenters. The lowest BCUT2D eigenvalue weighted by atomic mass is 9.77. The lowest BCUT2D eigenvalue weighted by Crippen LogP contribution is -2.27. The van der Waals surface area contributed by atoms with Crippen LogP contribution >= 0.6 is 0 Å². The van der Waals surface area contributed by atoms with E-state index < -0.39 is 0 Å². The van der Waals surface area contributed by atoms with Gasteiger partial charge in [-0.2, -0.15) is 0 Å². The molecule has 3 rings (SSSR count). The molecule has 1 fully saturated rings. The van der Waals surface area contributed by atoms with Gasteiger partial charge >= 0.3 is 5.97 Å². The summed E-state index contributed by atoms with van der Waals surface area (Å²) in [5.41, 5.74) is 1.33. The fourth-order valence-electron chi connectivity index (χ4n) is 2.43. The third-order valence-electron chi connectivity index (χ3n) is 3.37. The van der Waals surface area contributed by atoms with Crippen LogP contribution in [-0.2, 0) is 9.53 Å². The van der Waals surface area contributed by atoms with Gasteiger partial charge in [0.2, 0.25) is 0 Å². The van der Waals surface area contributed by atoms with Crippen molar-refractivity contribution in [3.05, 3.63) is 36.3 Å². The molecule has 1 aliphatic heterocycles. The van der Waals surface area contributed by atoms with E-state index in [0.717, 1.165) is 0 Å². The molecule has 2 N–H and O–H groups in total. The minimum Gasteiger partial charge on any atom is -0.473 e. The first-order valence-electron chi connectivity index (χ1n) is 6.13. The summed E-state index contributed by atoms with van der Waals surface area (Å²) in [6.07, 6.45) is 8.66. The number of esters is 1. The van der Waals surface area contributed by atoms with Gasteiger partial charge in [-0.05, 0) is 30.9 Å². The summed E-state index contributed by atoms with van der Waals surface area (Å²) in [6, 6.07) is 3.67. The van der Waals surface area contributed by atoms with E-state index in [1.54, 1.807) is 18.6 Å². The molecule has 0 radical (unpaired) electrons. The zero-order valence-electron chi connectivity index (χ0n) is 10.6. The zero-order chi connectivity index (χ0) is 12.1. The number of carbonyl (C=O) groups is 1. The number of hydrogen-bond donors (Lipinski definition) is 0. The predicted octanol–water partition coefficient (Wildman–Crippen LogP) is 2.36. The zero-order valence-corrected chi connectivity index (χ0v) is 10.6. The van der Waals surface area contributed by atoms with E-state index in [9.17, 15) is 4.79 Å². The smallest absolute Gasteiger partial charge is 0.330 e. The van der Waals surface area contributed by atoms with E-state index >= 15 is 0 Å². The van der Waals surface area contributed by atoms with Crippen molar-refractivity contribution >= 4 is 5.97 Å². The van der Waals surface area contributed by atoms with E-state index in [-0.39, 0.29) is 11.4 Å². The van der Waals surface area contributed by atoms with Gasteiger partial charge in [0.25, 0.3) is 0 Å². The third kappa shape index (κ3) is 3.74. The molecule has 18 heavy (non-hydrogen) atoms. The van der Waals surface area contributed by atoms with Crippen LogP contribution in [-0.4, -0.2) is 18.1 Å². The average molecular weight is 252 g/mol. The summed E-state index contributed by atoms with van der Waals surface area (Å²) in [7, 11) is 0. The molecule has 0 bridgehead atoms. The van der Waals surface area contributed by atoms with Crippen molar-refractivity contribution in [3.63, 3.8) is 0 Å². The topological polar surface area (TPSA) is 70.9 Å². The van der Waals surface area contributed by atoms with Gasteiger partial charge in [-0.3, -0.25) is 0 Å². The van der Waals surface area contributed by atoms with Crippen molar-refractivity contribution in [3.8, 4) is 0 Å². The maximum Gasteiger partial charge on any atom is 0.330 e. The third-order valence-corrected chi connectivity index (χ3v) is 3.37. The van der Waals surface area contributed by atoms with E-state index in [0.29, 0.717) is 18.4 Å². The molecule has 100 valence electrons. The van der Waals surface area contributed by atoms with Gasteiger partial charge < -0.3 is 14.6 Å². The van der Waals surface area contributed by atoms with Crippen molar-refractivity contribution in [2.75, 3.05) is 6.61 Å². The summed E-state index contributed by atoms with van der Waals surface area (Å²) in [5, 5.41) is 0. The molecule has 1 unspecified atom stereocenters. The number of cyclic esters (lactones) is 1. The normalized spacial score (nSPS) is 25.6. The van der Waals surface area contributed by atoms with Crippen LogP contribution in [0.4, 0.5) is 0 Å². The SMILES string of the molecule is C[C@H]1CCCC2COC(=O)C=C21.O.c1ccoc1. The lowest BCUT2D eigenvalue weighted by Gasteiger charge is -2.32. The Hall–Kier alpha value is -1.55. The van der Waals surface area contributed by atoms with Crippen LogP contribution in [0.5, 0.6) is 0 Å². The quantitative estimate of drug-likeness (QED) is 0.665. The van der Waals surface area contributed by atoms with E-state index in [1.807, 2.05) is 12.1 Å². The second-order valence-corrected chi connectivity index (χ2v) is 4.60. The van der Waals surface area contributed by atoms with Gasteiger partial charge in [-0.1, -0.05) is 18.9 Å². The van der Waals surface area contributed by atoms with Crippen LogP contribution in [0, 0.1) is 11.8 Å². The van der Waals surface area contributed by atoms with Crippen molar-refractivity contribution in [1.29, 1.82) is 0 Å². The van der Waals surface area contributed by atoms with Gasteiger partial charge in [0.05, 0.1) is 19.1 Å². The molecular formula is C14H20O4. The predicted molar refractivity (Wildman–Crippen MR) is 67.9 cm³/mol. The first-order valence-corrected chi connectivity index (χ1v) is 6.13. The monoisotopic (exact) mass is 252 g/mol. The van der Waals surface area contributed by atoms with Crippen LogP contribution in [0.2, 0.25) is 0 Å². The van der Waals surface area contributed by atoms with E-state index in [4.69, 9.17) is 4.74 Å². The van der Waals surface area contributed by atoms with Crippen LogP contribution < -0.4 is 0 Å². The van der Waals surface area contributed by atoms with Crippen molar-refractivity contribution in [2.24, 2.45) is 11.8 Å². The van der Waals surface area contributed by atoms with Crippen molar-refractivity contribution in [2.45, 2.75) is 26.2 Å². The summed E-state index contributed by atoms with van der Waals surface area (Å²) in [6.45, 7) is 2.82. The first kappa shape index (κ1) is 14.5. The van der Waals surface area contributed by atoms with Crippen LogP contribution in [0.3, 0.4) is 0 Å². The largest absolute Gasteiger partial charge is 0.473 e. The summed E-state index contributed by atoms with van der Waals surface area (Å²) in [5.74, 6) is 0.984. The Bertz CT molecular complexity index is 363. The molecular weight excluding hydrogens is 232 g/mol. The van der Waals surface area contributed by atoms with E-state index in [2.05, 4.69) is 11.3 Å². The lowest BCUT2D eigenvalue weighted by molar-refractivity contribution is -0.140. The summed E-state index contributed by atoms with van der Waals surface area (Å²) >= 11 is 0. The maximum atomic E-state index is 11.0. The first-order chi connectivity index (χ1) is 8.27. The van der Waals surface area contributed by atoms with Crippen LogP contribution in [0.25, 0.3) is 0 Å². The molecule has 0 spiro atoms. The minimum atomic E-state index is -0.144. The number of ether oxygens (including phenoxy) is 1. The Kier molecular flexibility index (Phi) is 5.65. The molecule has 0 amide bonds. The molecule has 1 aromatic rings. The molecule has 1 aliphatic carbocycles. The highest BCUT2D eigenvalue weighted by Gasteiger charge is 2.29. The fraction of sp³-hybridized carbons (Fsp3) is 0.500. The minimum absolute atomic E-state index is 0. The van der Waals surface area contributed by atoms with Crippen molar-refractivity contribution in [1.82, 2.24) is 0 Å². The van der Waals surface area contributed by atoms with Crippen LogP contribution in [0.15, 0.2) is 40.7 Å². The summed E-state index contributed by atoms with van der Waals surface area (Å²) in [4.78, 5) is 11.0. The highest BCUT2D eigenvalue weighted by molar-refractivity contribution is 5.83. The Morgan fingerprint density at radius 2 is 1.94 bits per heavy atom. The number of fused-ring (bicyclic) bond motifs is 1. The van der Waals surface area contributed by atoms with Gasteiger partial charge in [-0.25, -0.2) is 4.79 Å². The molecule has 2 heterocycles. The Morgan fingerprint density at radius 3 is 2.56 bits per heavy atom. The highest BCUT2D eigenvalue weighted by Crippen LogP contribution is 2.35. The summed E-state index contributed by atoms with van der Waals surface area (Å²) < 4.78 is 9.56. The van der Waals surface area contributed by atoms with Gasteiger partial charge in [0.15, 0.2) is 0 Å². The molecule has 4 heteroatoms. The Labute approximate surface area is 107 Å². The second kappa shape index (κ2) is 7.01.